The van der Waals surface area contributed by atoms with Crippen molar-refractivity contribution in [2.45, 2.75) is 25.4 Å². The lowest BCUT2D eigenvalue weighted by Crippen LogP contribution is -2.30. The van der Waals surface area contributed by atoms with E-state index in [0.29, 0.717) is 0 Å². The molecular weight excluding hydrogens is 261 g/mol. The molecule has 4 nitrogen and oxygen atoms in total. The predicted molar refractivity (Wildman–Crippen MR) is 64.4 cm³/mol. The second-order valence-electron chi connectivity index (χ2n) is 4.79. The maximum absolute atomic E-state index is 13.0. The van der Waals surface area contributed by atoms with Crippen LogP contribution in [0.3, 0.4) is 0 Å². The van der Waals surface area contributed by atoms with Gasteiger partial charge in [-0.15, -0.1) is 0 Å². The van der Waals surface area contributed by atoms with Crippen LogP contribution >= 0.6 is 0 Å². The van der Waals surface area contributed by atoms with Gasteiger partial charge in [0.15, 0.2) is 0 Å². The van der Waals surface area contributed by atoms with Crippen molar-refractivity contribution < 1.29 is 22.7 Å². The number of nitrogen functional groups attached to an aromatic ring is 1. The van der Waals surface area contributed by atoms with Gasteiger partial charge in [-0.3, -0.25) is 0 Å². The van der Waals surface area contributed by atoms with Crippen LogP contribution < -0.4 is 11.5 Å². The zero-order chi connectivity index (χ0) is 14.8. The highest BCUT2D eigenvalue weighted by atomic mass is 19.4. The standard InChI is InChI=1S/C12H15F3N2O2/c1-11(2,6-19-10(17)18)8-4-3-7(16)5-9(8)12(13,14)15/h3-5H,6,16H2,1-2H3,(H2,17,18). The molecule has 1 aromatic carbocycles. The first-order chi connectivity index (χ1) is 8.54. The number of alkyl halides is 3. The number of ether oxygens (including phenoxy) is 1. The van der Waals surface area contributed by atoms with E-state index >= 15 is 0 Å². The van der Waals surface area contributed by atoms with E-state index in [1.807, 2.05) is 0 Å². The van der Waals surface area contributed by atoms with Crippen LogP contribution in [0.1, 0.15) is 25.0 Å². The summed E-state index contributed by atoms with van der Waals surface area (Å²) >= 11 is 0. The molecule has 0 radical (unpaired) electrons. The van der Waals surface area contributed by atoms with Gasteiger partial charge in [-0.05, 0) is 17.7 Å². The fourth-order valence-corrected chi connectivity index (χ4v) is 1.72. The molecule has 0 heterocycles. The summed E-state index contributed by atoms with van der Waals surface area (Å²) in [4.78, 5) is 10.6. The molecule has 0 spiro atoms. The van der Waals surface area contributed by atoms with E-state index < -0.39 is 23.2 Å². The summed E-state index contributed by atoms with van der Waals surface area (Å²) < 4.78 is 43.5. The molecule has 0 unspecified atom stereocenters. The van der Waals surface area contributed by atoms with Crippen LogP contribution in [0.2, 0.25) is 0 Å². The van der Waals surface area contributed by atoms with E-state index in [4.69, 9.17) is 11.5 Å². The Morgan fingerprint density at radius 2 is 1.84 bits per heavy atom. The molecule has 1 amide bonds. The average molecular weight is 276 g/mol. The third-order valence-electron chi connectivity index (χ3n) is 2.65. The Morgan fingerprint density at radius 3 is 2.32 bits per heavy atom. The highest BCUT2D eigenvalue weighted by molar-refractivity contribution is 5.64. The molecule has 0 aliphatic heterocycles. The molecule has 4 N–H and O–H groups in total. The number of hydrogen-bond donors (Lipinski definition) is 2. The van der Waals surface area contributed by atoms with Gasteiger partial charge in [0.05, 0.1) is 5.56 Å². The summed E-state index contributed by atoms with van der Waals surface area (Å²) in [6, 6.07) is 3.51. The van der Waals surface area contributed by atoms with Gasteiger partial charge in [0.1, 0.15) is 6.61 Å². The van der Waals surface area contributed by atoms with E-state index in [0.717, 1.165) is 6.07 Å². The Bertz CT molecular complexity index is 484. The van der Waals surface area contributed by atoms with Crippen molar-refractivity contribution >= 4 is 11.8 Å². The number of amides is 1. The third-order valence-corrected chi connectivity index (χ3v) is 2.65. The smallest absolute Gasteiger partial charge is 0.416 e. The Balaban J connectivity index is 3.22. The fraction of sp³-hybridized carbons (Fsp3) is 0.417. The van der Waals surface area contributed by atoms with Crippen LogP contribution in [0, 0.1) is 0 Å². The van der Waals surface area contributed by atoms with Gasteiger partial charge < -0.3 is 16.2 Å². The van der Waals surface area contributed by atoms with Gasteiger partial charge >= 0.3 is 12.3 Å². The SMILES string of the molecule is CC(C)(COC(N)=O)c1ccc(N)cc1C(F)(F)F. The lowest BCUT2D eigenvalue weighted by Gasteiger charge is -2.28. The van der Waals surface area contributed by atoms with E-state index in [2.05, 4.69) is 4.74 Å². The van der Waals surface area contributed by atoms with Crippen LogP contribution in [0.5, 0.6) is 0 Å². The zero-order valence-corrected chi connectivity index (χ0v) is 10.5. The first-order valence-electron chi connectivity index (χ1n) is 5.43. The number of nitrogens with two attached hydrogens (primary N) is 2. The molecule has 0 saturated heterocycles. The van der Waals surface area contributed by atoms with Crippen molar-refractivity contribution in [3.05, 3.63) is 29.3 Å². The van der Waals surface area contributed by atoms with Gasteiger partial charge in [-0.2, -0.15) is 13.2 Å². The molecule has 0 bridgehead atoms. The average Bonchev–Trinajstić information content (AvgIpc) is 2.25. The molecule has 7 heteroatoms. The number of halogens is 3. The summed E-state index contributed by atoms with van der Waals surface area (Å²) in [5.74, 6) is 0. The minimum absolute atomic E-state index is 0.00421. The van der Waals surface area contributed by atoms with Crippen molar-refractivity contribution in [2.24, 2.45) is 5.73 Å². The monoisotopic (exact) mass is 276 g/mol. The largest absolute Gasteiger partial charge is 0.449 e. The summed E-state index contributed by atoms with van der Waals surface area (Å²) in [6.45, 7) is 2.79. The van der Waals surface area contributed by atoms with Crippen LogP contribution in [-0.2, 0) is 16.3 Å². The summed E-state index contributed by atoms with van der Waals surface area (Å²) in [7, 11) is 0. The minimum Gasteiger partial charge on any atom is -0.449 e. The molecule has 0 aromatic heterocycles. The second-order valence-corrected chi connectivity index (χ2v) is 4.79. The molecule has 1 aromatic rings. The molecule has 0 atom stereocenters. The van der Waals surface area contributed by atoms with Gasteiger partial charge in [0, 0.05) is 11.1 Å². The number of rotatable bonds is 3. The molecule has 0 aliphatic carbocycles. The summed E-state index contributed by atoms with van der Waals surface area (Å²) in [5.41, 5.74) is 8.34. The lowest BCUT2D eigenvalue weighted by atomic mass is 9.82. The van der Waals surface area contributed by atoms with E-state index in [1.165, 1.54) is 26.0 Å². The first-order valence-corrected chi connectivity index (χ1v) is 5.43. The fourth-order valence-electron chi connectivity index (χ4n) is 1.72. The molecule has 0 aliphatic rings. The molecule has 0 saturated carbocycles. The first kappa shape index (κ1) is 15.1. The van der Waals surface area contributed by atoms with Crippen LogP contribution in [0.15, 0.2) is 18.2 Å². The maximum Gasteiger partial charge on any atom is 0.416 e. The van der Waals surface area contributed by atoms with Crippen LogP contribution in [0.25, 0.3) is 0 Å². The number of benzene rings is 1. The number of primary amides is 1. The van der Waals surface area contributed by atoms with Gasteiger partial charge in [-0.25, -0.2) is 4.79 Å². The maximum atomic E-state index is 13.0. The normalized spacial score (nSPS) is 12.3. The van der Waals surface area contributed by atoms with Crippen molar-refractivity contribution in [1.82, 2.24) is 0 Å². The van der Waals surface area contributed by atoms with Crippen LogP contribution in [0.4, 0.5) is 23.7 Å². The van der Waals surface area contributed by atoms with E-state index in [9.17, 15) is 18.0 Å². The Hall–Kier alpha value is -1.92. The highest BCUT2D eigenvalue weighted by Gasteiger charge is 2.38. The third kappa shape index (κ3) is 3.77. The van der Waals surface area contributed by atoms with E-state index in [-0.39, 0.29) is 17.9 Å². The van der Waals surface area contributed by atoms with Crippen molar-refractivity contribution in [3.63, 3.8) is 0 Å². The van der Waals surface area contributed by atoms with Gasteiger partial charge in [-0.1, -0.05) is 19.9 Å². The second kappa shape index (κ2) is 4.99. The summed E-state index contributed by atoms with van der Waals surface area (Å²) in [5, 5.41) is 0. The van der Waals surface area contributed by atoms with E-state index in [1.54, 1.807) is 0 Å². The Kier molecular flexibility index (Phi) is 3.97. The minimum atomic E-state index is -4.53. The lowest BCUT2D eigenvalue weighted by molar-refractivity contribution is -0.138. The number of hydrogen-bond acceptors (Lipinski definition) is 3. The van der Waals surface area contributed by atoms with Crippen molar-refractivity contribution in [1.29, 1.82) is 0 Å². The van der Waals surface area contributed by atoms with Crippen LogP contribution in [-0.4, -0.2) is 12.7 Å². The Labute approximate surface area is 108 Å². The molecule has 0 fully saturated rings. The zero-order valence-electron chi connectivity index (χ0n) is 10.5. The number of carbonyl (C=O) groups is 1. The molecular formula is C12H15F3N2O2. The quantitative estimate of drug-likeness (QED) is 0.833. The molecule has 1 rings (SSSR count). The number of carbonyl (C=O) groups excluding carboxylic acids is 1. The topological polar surface area (TPSA) is 78.3 Å². The Morgan fingerprint density at radius 1 is 1.26 bits per heavy atom. The van der Waals surface area contributed by atoms with Gasteiger partial charge in [0.25, 0.3) is 0 Å². The predicted octanol–water partition coefficient (Wildman–Crippen LogP) is 2.66. The number of anilines is 1. The molecule has 19 heavy (non-hydrogen) atoms. The van der Waals surface area contributed by atoms with Crippen molar-refractivity contribution in [3.8, 4) is 0 Å². The highest BCUT2D eigenvalue weighted by Crippen LogP contribution is 2.38. The van der Waals surface area contributed by atoms with Crippen molar-refractivity contribution in [2.75, 3.05) is 12.3 Å². The molecule has 106 valence electrons. The van der Waals surface area contributed by atoms with Gasteiger partial charge in [0.2, 0.25) is 0 Å². The summed E-state index contributed by atoms with van der Waals surface area (Å²) in [6.07, 6.45) is -5.56.